The Morgan fingerprint density at radius 1 is 1.22 bits per heavy atom. The first-order valence-corrected chi connectivity index (χ1v) is 9.81. The second-order valence-corrected chi connectivity index (χ2v) is 7.92. The van der Waals surface area contributed by atoms with Crippen molar-refractivity contribution in [2.75, 3.05) is 19.6 Å². The number of hydrogen-bond acceptors (Lipinski definition) is 2. The monoisotopic (exact) mass is 382 g/mol. The number of benzene rings is 2. The van der Waals surface area contributed by atoms with Gasteiger partial charge in [-0.1, -0.05) is 54.9 Å². The summed E-state index contributed by atoms with van der Waals surface area (Å²) in [6, 6.07) is 15.8. The minimum Gasteiger partial charge on any atom is -0.332 e. The smallest absolute Gasteiger partial charge is 0.242 e. The molecule has 4 rings (SSSR count). The van der Waals surface area contributed by atoms with Gasteiger partial charge in [0.25, 0.3) is 0 Å². The van der Waals surface area contributed by atoms with Crippen LogP contribution >= 0.6 is 11.6 Å². The van der Waals surface area contributed by atoms with Gasteiger partial charge < -0.3 is 9.80 Å². The molecule has 0 radical (unpaired) electrons. The Bertz CT molecular complexity index is 868. The molecule has 1 saturated heterocycles. The van der Waals surface area contributed by atoms with Crippen LogP contribution < -0.4 is 0 Å². The molecule has 0 spiro atoms. The summed E-state index contributed by atoms with van der Waals surface area (Å²) in [5.74, 6) is 0.186. The molecule has 4 nitrogen and oxygen atoms in total. The van der Waals surface area contributed by atoms with Gasteiger partial charge in [0.15, 0.2) is 0 Å². The molecule has 2 heterocycles. The van der Waals surface area contributed by atoms with E-state index < -0.39 is 0 Å². The number of hydrogen-bond donors (Lipinski definition) is 0. The Morgan fingerprint density at radius 2 is 2.00 bits per heavy atom. The Balaban J connectivity index is 1.52. The average Bonchev–Trinajstić information content (AvgIpc) is 2.68. The Hall–Kier alpha value is -2.33. The highest BCUT2D eigenvalue weighted by molar-refractivity contribution is 6.30. The first kappa shape index (κ1) is 18.1. The van der Waals surface area contributed by atoms with Gasteiger partial charge in [0.2, 0.25) is 11.8 Å². The highest BCUT2D eigenvalue weighted by atomic mass is 35.5. The van der Waals surface area contributed by atoms with E-state index in [1.165, 1.54) is 5.56 Å². The van der Waals surface area contributed by atoms with E-state index in [1.54, 1.807) is 4.90 Å². The fraction of sp³-hybridized carbons (Fsp3) is 0.364. The molecule has 2 aliphatic heterocycles. The van der Waals surface area contributed by atoms with Gasteiger partial charge in [-0.25, -0.2) is 0 Å². The van der Waals surface area contributed by atoms with Crippen LogP contribution in [0.15, 0.2) is 48.5 Å². The second kappa shape index (κ2) is 7.35. The van der Waals surface area contributed by atoms with Gasteiger partial charge in [0, 0.05) is 24.5 Å². The van der Waals surface area contributed by atoms with E-state index in [2.05, 4.69) is 6.92 Å². The van der Waals surface area contributed by atoms with Crippen LogP contribution in [0.3, 0.4) is 0 Å². The molecular weight excluding hydrogens is 360 g/mol. The van der Waals surface area contributed by atoms with Gasteiger partial charge >= 0.3 is 0 Å². The van der Waals surface area contributed by atoms with Gasteiger partial charge in [0.1, 0.15) is 0 Å². The lowest BCUT2D eigenvalue weighted by molar-refractivity contribution is -0.149. The molecule has 140 valence electrons. The van der Waals surface area contributed by atoms with Crippen molar-refractivity contribution in [3.05, 3.63) is 70.2 Å². The third-order valence-corrected chi connectivity index (χ3v) is 5.94. The lowest BCUT2D eigenvalue weighted by Crippen LogP contribution is -2.55. The van der Waals surface area contributed by atoms with Crippen molar-refractivity contribution in [3.8, 4) is 0 Å². The molecule has 2 amide bonds. The molecular formula is C22H23ClN2O2. The average molecular weight is 383 g/mol. The first-order chi connectivity index (χ1) is 13.0. The van der Waals surface area contributed by atoms with Crippen LogP contribution in [0.25, 0.3) is 0 Å². The molecule has 0 saturated carbocycles. The number of fused-ring (bicyclic) bond motifs is 3. The molecule has 2 aromatic rings. The standard InChI is InChI=1S/C22H23ClN2O2/c1-15(16-5-3-2-4-6-16)11-21(26)24-13-20-19-12-18(23)8-7-17(19)9-10-25(20)22(27)14-24/h2-8,12,15,20H,9-11,13-14H2,1H3. The maximum Gasteiger partial charge on any atom is 0.242 e. The van der Waals surface area contributed by atoms with Crippen molar-refractivity contribution in [1.82, 2.24) is 9.80 Å². The van der Waals surface area contributed by atoms with Gasteiger partial charge in [0.05, 0.1) is 12.6 Å². The zero-order valence-electron chi connectivity index (χ0n) is 15.4. The minimum absolute atomic E-state index is 0.0255. The van der Waals surface area contributed by atoms with E-state index in [4.69, 9.17) is 11.6 Å². The predicted molar refractivity (Wildman–Crippen MR) is 106 cm³/mol. The Kier molecular flexibility index (Phi) is 4.92. The summed E-state index contributed by atoms with van der Waals surface area (Å²) >= 11 is 6.20. The number of amides is 2. The number of halogens is 1. The molecule has 0 bridgehead atoms. The zero-order valence-corrected chi connectivity index (χ0v) is 16.2. The van der Waals surface area contributed by atoms with Crippen molar-refractivity contribution in [3.63, 3.8) is 0 Å². The van der Waals surface area contributed by atoms with Crippen LogP contribution in [0.2, 0.25) is 5.02 Å². The molecule has 0 N–H and O–H groups in total. The molecule has 1 fully saturated rings. The summed E-state index contributed by atoms with van der Waals surface area (Å²) in [5.41, 5.74) is 3.45. The summed E-state index contributed by atoms with van der Waals surface area (Å²) in [6.45, 7) is 3.48. The fourth-order valence-electron chi connectivity index (χ4n) is 4.17. The Morgan fingerprint density at radius 3 is 2.78 bits per heavy atom. The topological polar surface area (TPSA) is 40.6 Å². The maximum absolute atomic E-state index is 12.9. The van der Waals surface area contributed by atoms with Crippen LogP contribution in [0, 0.1) is 0 Å². The van der Waals surface area contributed by atoms with Crippen molar-refractivity contribution in [1.29, 1.82) is 0 Å². The van der Waals surface area contributed by atoms with E-state index in [-0.39, 0.29) is 30.3 Å². The minimum atomic E-state index is -0.0929. The van der Waals surface area contributed by atoms with E-state index in [0.29, 0.717) is 24.5 Å². The fourth-order valence-corrected chi connectivity index (χ4v) is 4.35. The number of piperazine rings is 1. The lowest BCUT2D eigenvalue weighted by Gasteiger charge is -2.44. The van der Waals surface area contributed by atoms with E-state index >= 15 is 0 Å². The molecule has 2 unspecified atom stereocenters. The van der Waals surface area contributed by atoms with Crippen LogP contribution in [0.1, 0.15) is 42.0 Å². The number of carbonyl (C=O) groups is 2. The quantitative estimate of drug-likeness (QED) is 0.810. The molecule has 0 aromatic heterocycles. The molecule has 2 aromatic carbocycles. The lowest BCUT2D eigenvalue weighted by atomic mass is 9.90. The third-order valence-electron chi connectivity index (χ3n) is 5.71. The van der Waals surface area contributed by atoms with Gasteiger partial charge in [-0.15, -0.1) is 0 Å². The highest BCUT2D eigenvalue weighted by Gasteiger charge is 2.38. The third kappa shape index (κ3) is 3.59. The summed E-state index contributed by atoms with van der Waals surface area (Å²) in [7, 11) is 0. The molecule has 2 aliphatic rings. The van der Waals surface area contributed by atoms with E-state index in [0.717, 1.165) is 17.5 Å². The summed E-state index contributed by atoms with van der Waals surface area (Å²) in [5, 5.41) is 0.671. The molecule has 27 heavy (non-hydrogen) atoms. The van der Waals surface area contributed by atoms with E-state index in [9.17, 15) is 9.59 Å². The largest absolute Gasteiger partial charge is 0.332 e. The van der Waals surface area contributed by atoms with E-state index in [1.807, 2.05) is 53.4 Å². The maximum atomic E-state index is 12.9. The van der Waals surface area contributed by atoms with Crippen LogP contribution in [-0.4, -0.2) is 41.2 Å². The number of nitrogens with zero attached hydrogens (tertiary/aromatic N) is 2. The van der Waals surface area contributed by atoms with Gasteiger partial charge in [-0.2, -0.15) is 0 Å². The van der Waals surface area contributed by atoms with Crippen LogP contribution in [0.4, 0.5) is 0 Å². The van der Waals surface area contributed by atoms with Crippen molar-refractivity contribution >= 4 is 23.4 Å². The van der Waals surface area contributed by atoms with Gasteiger partial charge in [-0.05, 0) is 41.2 Å². The van der Waals surface area contributed by atoms with Crippen molar-refractivity contribution in [2.45, 2.75) is 31.7 Å². The predicted octanol–water partition coefficient (Wildman–Crippen LogP) is 3.80. The van der Waals surface area contributed by atoms with Crippen LogP contribution in [-0.2, 0) is 16.0 Å². The van der Waals surface area contributed by atoms with Crippen molar-refractivity contribution in [2.24, 2.45) is 0 Å². The number of rotatable bonds is 3. The first-order valence-electron chi connectivity index (χ1n) is 9.43. The summed E-state index contributed by atoms with van der Waals surface area (Å²) in [4.78, 5) is 29.2. The number of carbonyl (C=O) groups excluding carboxylic acids is 2. The molecule has 0 aliphatic carbocycles. The molecule has 5 heteroatoms. The Labute approximate surface area is 164 Å². The normalized spacial score (nSPS) is 20.1. The zero-order chi connectivity index (χ0) is 19.0. The molecule has 2 atom stereocenters. The SMILES string of the molecule is CC(CC(=O)N1CC(=O)N2CCc3ccc(Cl)cc3C2C1)c1ccccc1. The van der Waals surface area contributed by atoms with Gasteiger partial charge in [-0.3, -0.25) is 9.59 Å². The van der Waals surface area contributed by atoms with Crippen LogP contribution in [0.5, 0.6) is 0 Å². The highest BCUT2D eigenvalue weighted by Crippen LogP contribution is 2.35. The summed E-state index contributed by atoms with van der Waals surface area (Å²) < 4.78 is 0. The van der Waals surface area contributed by atoms with Crippen molar-refractivity contribution < 1.29 is 9.59 Å². The second-order valence-electron chi connectivity index (χ2n) is 7.49. The summed E-state index contributed by atoms with van der Waals surface area (Å²) in [6.07, 6.45) is 1.25.